The highest BCUT2D eigenvalue weighted by Gasteiger charge is 2.28. The van der Waals surface area contributed by atoms with E-state index in [4.69, 9.17) is 0 Å². The smallest absolute Gasteiger partial charge is 0.264 e. The maximum Gasteiger partial charge on any atom is 0.264 e. The van der Waals surface area contributed by atoms with Gasteiger partial charge in [-0.3, -0.25) is 9.10 Å². The number of hydrogen-bond donors (Lipinski definition) is 1. The Kier molecular flexibility index (Phi) is 8.30. The molecule has 3 aromatic carbocycles. The van der Waals surface area contributed by atoms with Crippen molar-refractivity contribution in [3.63, 3.8) is 0 Å². The van der Waals surface area contributed by atoms with Crippen LogP contribution < -0.4 is 9.62 Å². The van der Waals surface area contributed by atoms with E-state index in [1.807, 2.05) is 19.1 Å². The second-order valence-corrected chi connectivity index (χ2v) is 10.1. The molecule has 0 heterocycles. The second kappa shape index (κ2) is 11.2. The summed E-state index contributed by atoms with van der Waals surface area (Å²) in [6.45, 7) is 1.91. The van der Waals surface area contributed by atoms with Gasteiger partial charge in [-0.2, -0.15) is 11.8 Å². The van der Waals surface area contributed by atoms with Gasteiger partial charge in [0.1, 0.15) is 12.4 Å². The Bertz CT molecular complexity index is 1150. The van der Waals surface area contributed by atoms with E-state index in [1.165, 1.54) is 47.5 Å². The third kappa shape index (κ3) is 6.34. The first-order chi connectivity index (χ1) is 15.4. The fourth-order valence-corrected chi connectivity index (χ4v) is 5.37. The van der Waals surface area contributed by atoms with E-state index in [0.717, 1.165) is 10.1 Å². The Morgan fingerprint density at radius 1 is 1.00 bits per heavy atom. The van der Waals surface area contributed by atoms with Crippen molar-refractivity contribution in [2.45, 2.75) is 17.6 Å². The van der Waals surface area contributed by atoms with Gasteiger partial charge >= 0.3 is 0 Å². The molecule has 3 aromatic rings. The van der Waals surface area contributed by atoms with E-state index in [9.17, 15) is 17.6 Å². The molecule has 0 spiro atoms. The monoisotopic (exact) mass is 472 g/mol. The van der Waals surface area contributed by atoms with Crippen LogP contribution >= 0.6 is 11.8 Å². The molecule has 168 valence electrons. The van der Waals surface area contributed by atoms with E-state index in [2.05, 4.69) is 17.4 Å². The van der Waals surface area contributed by atoms with Gasteiger partial charge in [0.15, 0.2) is 0 Å². The predicted octanol–water partition coefficient (Wildman–Crippen LogP) is 4.38. The van der Waals surface area contributed by atoms with Crippen molar-refractivity contribution >= 4 is 33.4 Å². The predicted molar refractivity (Wildman–Crippen MR) is 128 cm³/mol. The van der Waals surface area contributed by atoms with Crippen molar-refractivity contribution in [1.82, 2.24) is 5.32 Å². The van der Waals surface area contributed by atoms with Crippen LogP contribution in [0.25, 0.3) is 0 Å². The molecule has 0 atom stereocenters. The number of rotatable bonds is 10. The number of hydrogen-bond acceptors (Lipinski definition) is 4. The summed E-state index contributed by atoms with van der Waals surface area (Å²) in [6, 6.07) is 21.4. The van der Waals surface area contributed by atoms with Gasteiger partial charge in [0, 0.05) is 18.1 Å². The molecule has 0 bridgehead atoms. The quantitative estimate of drug-likeness (QED) is 0.445. The Balaban J connectivity index is 1.63. The fraction of sp³-hybridized carbons (Fsp3) is 0.208. The van der Waals surface area contributed by atoms with Gasteiger partial charge in [0.2, 0.25) is 5.91 Å². The molecule has 0 fully saturated rings. The third-order valence-corrected chi connectivity index (χ3v) is 7.46. The van der Waals surface area contributed by atoms with Crippen molar-refractivity contribution in [2.75, 3.05) is 23.1 Å². The summed E-state index contributed by atoms with van der Waals surface area (Å²) in [6.07, 6.45) is 0. The van der Waals surface area contributed by atoms with E-state index in [1.54, 1.807) is 30.0 Å². The maximum absolute atomic E-state index is 14.4. The zero-order valence-electron chi connectivity index (χ0n) is 17.7. The van der Waals surface area contributed by atoms with Gasteiger partial charge in [0.05, 0.1) is 10.6 Å². The number of aryl methyl sites for hydroxylation is 1. The number of anilines is 1. The number of carbonyl (C=O) groups is 1. The van der Waals surface area contributed by atoms with Crippen LogP contribution in [0.1, 0.15) is 11.1 Å². The Labute approximate surface area is 192 Å². The highest BCUT2D eigenvalue weighted by atomic mass is 32.2. The van der Waals surface area contributed by atoms with Crippen molar-refractivity contribution in [1.29, 1.82) is 0 Å². The number of nitrogens with zero attached hydrogens (tertiary/aromatic N) is 1. The van der Waals surface area contributed by atoms with Crippen molar-refractivity contribution < 1.29 is 17.6 Å². The molecule has 0 radical (unpaired) electrons. The fourth-order valence-electron chi connectivity index (χ4n) is 3.11. The van der Waals surface area contributed by atoms with Gasteiger partial charge in [-0.15, -0.1) is 0 Å². The van der Waals surface area contributed by atoms with Gasteiger partial charge in [-0.25, -0.2) is 12.8 Å². The number of amides is 1. The highest BCUT2D eigenvalue weighted by molar-refractivity contribution is 7.98. The van der Waals surface area contributed by atoms with E-state index >= 15 is 0 Å². The zero-order valence-corrected chi connectivity index (χ0v) is 19.3. The van der Waals surface area contributed by atoms with Gasteiger partial charge in [-0.1, -0.05) is 60.2 Å². The van der Waals surface area contributed by atoms with Crippen LogP contribution in [0.3, 0.4) is 0 Å². The number of nitrogens with one attached hydrogen (secondary N) is 1. The molecule has 8 heteroatoms. The Morgan fingerprint density at radius 2 is 1.72 bits per heavy atom. The molecule has 0 saturated heterocycles. The lowest BCUT2D eigenvalue weighted by Gasteiger charge is -2.24. The Hall–Kier alpha value is -2.84. The molecule has 0 aliphatic heterocycles. The molecule has 3 rings (SSSR count). The van der Waals surface area contributed by atoms with Crippen molar-refractivity contribution in [3.05, 3.63) is 95.8 Å². The van der Waals surface area contributed by atoms with Crippen molar-refractivity contribution in [2.24, 2.45) is 0 Å². The minimum atomic E-state index is -4.12. The average Bonchev–Trinajstić information content (AvgIpc) is 2.78. The molecule has 0 aromatic heterocycles. The van der Waals surface area contributed by atoms with Crippen molar-refractivity contribution in [3.8, 4) is 0 Å². The molecular weight excluding hydrogens is 447 g/mol. The molecule has 0 aliphatic carbocycles. The molecule has 5 nitrogen and oxygen atoms in total. The molecule has 0 aliphatic rings. The van der Waals surface area contributed by atoms with Crippen LogP contribution in [0.4, 0.5) is 10.1 Å². The van der Waals surface area contributed by atoms with Gasteiger partial charge in [-0.05, 0) is 36.8 Å². The molecule has 0 saturated carbocycles. The number of halogens is 1. The minimum Gasteiger partial charge on any atom is -0.354 e. The van der Waals surface area contributed by atoms with Crippen LogP contribution in [-0.4, -0.2) is 33.2 Å². The number of benzene rings is 3. The second-order valence-electron chi connectivity index (χ2n) is 7.17. The third-order valence-electron chi connectivity index (χ3n) is 4.66. The van der Waals surface area contributed by atoms with Crippen LogP contribution in [-0.2, 0) is 20.6 Å². The standard InChI is InChI=1S/C24H25FN2O3S2/c1-19-8-7-9-20(16-19)18-31-15-14-26-24(28)17-27(23-13-6-5-12-22(23)25)32(29,30)21-10-3-2-4-11-21/h2-13,16H,14-15,17-18H2,1H3,(H,26,28). The largest absolute Gasteiger partial charge is 0.354 e. The first-order valence-corrected chi connectivity index (χ1v) is 12.7. The lowest BCUT2D eigenvalue weighted by atomic mass is 10.2. The lowest BCUT2D eigenvalue weighted by Crippen LogP contribution is -2.41. The summed E-state index contributed by atoms with van der Waals surface area (Å²) >= 11 is 1.67. The summed E-state index contributed by atoms with van der Waals surface area (Å²) < 4.78 is 41.6. The zero-order chi connectivity index (χ0) is 23.0. The summed E-state index contributed by atoms with van der Waals surface area (Å²) in [5.74, 6) is 0.281. The van der Waals surface area contributed by atoms with E-state index < -0.39 is 28.3 Å². The average molecular weight is 473 g/mol. The number of para-hydroxylation sites is 1. The molecule has 1 N–H and O–H groups in total. The highest BCUT2D eigenvalue weighted by Crippen LogP contribution is 2.26. The normalized spacial score (nSPS) is 11.2. The minimum absolute atomic E-state index is 0.00948. The van der Waals surface area contributed by atoms with Crippen LogP contribution in [0.2, 0.25) is 0 Å². The van der Waals surface area contributed by atoms with Crippen LogP contribution in [0, 0.1) is 12.7 Å². The van der Waals surface area contributed by atoms with Gasteiger partial charge in [0.25, 0.3) is 10.0 Å². The summed E-state index contributed by atoms with van der Waals surface area (Å²) in [4.78, 5) is 12.5. The number of carbonyl (C=O) groups excluding carboxylic acids is 1. The Morgan fingerprint density at radius 3 is 2.44 bits per heavy atom. The number of thioether (sulfide) groups is 1. The molecule has 32 heavy (non-hydrogen) atoms. The summed E-state index contributed by atoms with van der Waals surface area (Å²) in [5, 5.41) is 2.74. The maximum atomic E-state index is 14.4. The SMILES string of the molecule is Cc1cccc(CSCCNC(=O)CN(c2ccccc2F)S(=O)(=O)c2ccccc2)c1. The number of sulfonamides is 1. The molecule has 1 amide bonds. The van der Waals surface area contributed by atoms with Crippen LogP contribution in [0.15, 0.2) is 83.8 Å². The summed E-state index contributed by atoms with van der Waals surface area (Å²) in [7, 11) is -4.12. The first-order valence-electron chi connectivity index (χ1n) is 10.1. The molecular formula is C24H25FN2O3S2. The molecule has 0 unspecified atom stereocenters. The van der Waals surface area contributed by atoms with E-state index in [-0.39, 0.29) is 10.6 Å². The van der Waals surface area contributed by atoms with Crippen LogP contribution in [0.5, 0.6) is 0 Å². The topological polar surface area (TPSA) is 66.5 Å². The first kappa shape index (κ1) is 23.8. The van der Waals surface area contributed by atoms with Gasteiger partial charge < -0.3 is 5.32 Å². The van der Waals surface area contributed by atoms with E-state index in [0.29, 0.717) is 12.3 Å². The summed E-state index contributed by atoms with van der Waals surface area (Å²) in [5.41, 5.74) is 2.24. The lowest BCUT2D eigenvalue weighted by molar-refractivity contribution is -0.119.